The lowest BCUT2D eigenvalue weighted by molar-refractivity contribution is -0.151. The zero-order valence-electron chi connectivity index (χ0n) is 26.5. The first-order chi connectivity index (χ1) is 22.7. The van der Waals surface area contributed by atoms with Crippen LogP contribution in [0.3, 0.4) is 0 Å². The van der Waals surface area contributed by atoms with Crippen LogP contribution in [0, 0.1) is 0 Å². The number of methoxy groups -OCH3 is 1. The van der Waals surface area contributed by atoms with Gasteiger partial charge in [0.15, 0.2) is 17.6 Å². The Labute approximate surface area is 277 Å². The zero-order chi connectivity index (χ0) is 33.0. The number of esters is 1. The first-order valence-electron chi connectivity index (χ1n) is 15.8. The molecule has 0 aliphatic carbocycles. The van der Waals surface area contributed by atoms with Gasteiger partial charge in [-0.25, -0.2) is 4.79 Å². The van der Waals surface area contributed by atoms with Gasteiger partial charge in [-0.3, -0.25) is 4.90 Å². The minimum absolute atomic E-state index is 0.271. The average molecular weight is 666 g/mol. The molecule has 0 saturated carbocycles. The van der Waals surface area contributed by atoms with Gasteiger partial charge in [0.25, 0.3) is 0 Å². The molecular weight excluding hydrogens is 627 g/mol. The Hall–Kier alpha value is -3.93. The maximum atomic E-state index is 13.5. The molecule has 4 aromatic rings. The quantitative estimate of drug-likeness (QED) is 0.153. The number of carbonyl (C=O) groups excluding carboxylic acids is 1. The molecule has 2 heterocycles. The molecule has 248 valence electrons. The first-order valence-corrected chi connectivity index (χ1v) is 16.6. The number of hydrogen-bond donors (Lipinski definition) is 0. The van der Waals surface area contributed by atoms with E-state index in [2.05, 4.69) is 9.80 Å². The molecule has 6 rings (SSSR count). The predicted octanol–water partition coefficient (Wildman–Crippen LogP) is 7.49. The minimum Gasteiger partial charge on any atom is -0.493 e. The van der Waals surface area contributed by atoms with E-state index in [1.165, 1.54) is 17.8 Å². The molecule has 4 aromatic carbocycles. The Morgan fingerprint density at radius 3 is 2.15 bits per heavy atom. The molecule has 2 aliphatic heterocycles. The first kappa shape index (κ1) is 33.0. The van der Waals surface area contributed by atoms with Crippen LogP contribution < -0.4 is 14.4 Å². The van der Waals surface area contributed by atoms with Gasteiger partial charge in [-0.05, 0) is 73.1 Å². The summed E-state index contributed by atoms with van der Waals surface area (Å²) in [4.78, 5) is 21.3. The molecule has 1 atom stereocenters. The Morgan fingerprint density at radius 1 is 0.809 bits per heavy atom. The normalized spacial score (nSPS) is 16.0. The predicted molar refractivity (Wildman–Crippen MR) is 178 cm³/mol. The number of piperazine rings is 1. The van der Waals surface area contributed by atoms with Crippen LogP contribution in [-0.4, -0.2) is 81.4 Å². The lowest BCUT2D eigenvalue weighted by Gasteiger charge is -2.36. The highest BCUT2D eigenvalue weighted by atomic mass is 32.2. The highest BCUT2D eigenvalue weighted by Gasteiger charge is 2.33. The van der Waals surface area contributed by atoms with Crippen LogP contribution in [-0.2, 0) is 15.7 Å². The Kier molecular flexibility index (Phi) is 10.1. The van der Waals surface area contributed by atoms with E-state index in [4.69, 9.17) is 14.2 Å². The number of ether oxygens (including phenoxy) is 3. The van der Waals surface area contributed by atoms with Gasteiger partial charge in [0.1, 0.15) is 6.61 Å². The van der Waals surface area contributed by atoms with Crippen molar-refractivity contribution in [1.82, 2.24) is 9.80 Å². The minimum atomic E-state index is -4.39. The largest absolute Gasteiger partial charge is 0.493 e. The summed E-state index contributed by atoms with van der Waals surface area (Å²) < 4.78 is 57.6. The maximum absolute atomic E-state index is 13.5. The molecule has 0 N–H and O–H groups in total. The molecule has 0 bridgehead atoms. The van der Waals surface area contributed by atoms with Crippen molar-refractivity contribution in [2.24, 2.45) is 0 Å². The fraction of sp³-hybridized carbons (Fsp3) is 0.361. The maximum Gasteiger partial charge on any atom is 0.416 e. The van der Waals surface area contributed by atoms with Gasteiger partial charge in [0, 0.05) is 49.1 Å². The van der Waals surface area contributed by atoms with Crippen molar-refractivity contribution in [2.75, 3.05) is 64.4 Å². The summed E-state index contributed by atoms with van der Waals surface area (Å²) in [5, 5.41) is 2.01. The summed E-state index contributed by atoms with van der Waals surface area (Å²) in [6.45, 7) is 7.47. The van der Waals surface area contributed by atoms with Crippen LogP contribution in [0.1, 0.15) is 18.9 Å². The van der Waals surface area contributed by atoms with E-state index in [1.807, 2.05) is 65.6 Å². The van der Waals surface area contributed by atoms with Gasteiger partial charge < -0.3 is 24.0 Å². The van der Waals surface area contributed by atoms with E-state index in [9.17, 15) is 18.0 Å². The molecule has 1 unspecified atom stereocenters. The second-order valence-electron chi connectivity index (χ2n) is 11.7. The van der Waals surface area contributed by atoms with Crippen molar-refractivity contribution in [1.29, 1.82) is 0 Å². The van der Waals surface area contributed by atoms with E-state index in [0.29, 0.717) is 30.3 Å². The van der Waals surface area contributed by atoms with Crippen LogP contribution in [0.4, 0.5) is 24.5 Å². The van der Waals surface area contributed by atoms with Gasteiger partial charge in [-0.2, -0.15) is 13.2 Å². The second-order valence-corrected chi connectivity index (χ2v) is 12.8. The molecule has 47 heavy (non-hydrogen) atoms. The van der Waals surface area contributed by atoms with Crippen molar-refractivity contribution in [3.8, 4) is 11.5 Å². The summed E-state index contributed by atoms with van der Waals surface area (Å²) in [5.41, 5.74) is 0.925. The van der Waals surface area contributed by atoms with Gasteiger partial charge in [-0.15, -0.1) is 0 Å². The molecule has 7 nitrogen and oxygen atoms in total. The average Bonchev–Trinajstić information content (AvgIpc) is 3.07. The standard InChI is InChI=1S/C36H38F3N3O4S/c1-25(46-32-23-27-9-4-3-8-26(27)22-31(32)44-2)35(43)45-21-20-41-18-16-40(17-19-41)14-7-15-42-29-10-5-6-11-33(29)47-34-13-12-28(24-30(34)42)36(37,38)39/h3-6,8-13,22-25H,7,14-21H2,1-2H3. The molecule has 1 fully saturated rings. The number of rotatable bonds is 11. The molecular formula is C36H38F3N3O4S. The van der Waals surface area contributed by atoms with Crippen LogP contribution in [0.2, 0.25) is 0 Å². The van der Waals surface area contributed by atoms with E-state index < -0.39 is 23.8 Å². The molecule has 0 aromatic heterocycles. The fourth-order valence-corrected chi connectivity index (χ4v) is 7.09. The number of anilines is 2. The lowest BCUT2D eigenvalue weighted by Crippen LogP contribution is -2.48. The number of halogens is 3. The number of alkyl halides is 3. The SMILES string of the molecule is COc1cc2ccccc2cc1OC(C)C(=O)OCCN1CCN(CCCN2c3ccccc3Sc3ccc(C(F)(F)F)cc32)CC1. The van der Waals surface area contributed by atoms with E-state index in [-0.39, 0.29) is 6.61 Å². The Balaban J connectivity index is 0.949. The van der Waals surface area contributed by atoms with E-state index >= 15 is 0 Å². The molecule has 1 saturated heterocycles. The van der Waals surface area contributed by atoms with Crippen molar-refractivity contribution in [3.05, 3.63) is 84.4 Å². The molecule has 2 aliphatic rings. The number of hydrogen-bond acceptors (Lipinski definition) is 8. The summed E-state index contributed by atoms with van der Waals surface area (Å²) in [6.07, 6.45) is -4.37. The van der Waals surface area contributed by atoms with Crippen molar-refractivity contribution in [3.63, 3.8) is 0 Å². The Morgan fingerprint density at radius 2 is 1.45 bits per heavy atom. The monoisotopic (exact) mass is 665 g/mol. The lowest BCUT2D eigenvalue weighted by atomic mass is 10.1. The third-order valence-electron chi connectivity index (χ3n) is 8.59. The van der Waals surface area contributed by atoms with E-state index in [0.717, 1.165) is 71.5 Å². The van der Waals surface area contributed by atoms with Gasteiger partial charge in [0.2, 0.25) is 0 Å². The highest BCUT2D eigenvalue weighted by Crippen LogP contribution is 2.49. The molecule has 0 radical (unpaired) electrons. The van der Waals surface area contributed by atoms with Crippen molar-refractivity contribution in [2.45, 2.75) is 35.4 Å². The smallest absolute Gasteiger partial charge is 0.416 e. The van der Waals surface area contributed by atoms with Gasteiger partial charge in [-0.1, -0.05) is 48.2 Å². The third-order valence-corrected chi connectivity index (χ3v) is 9.72. The number of carbonyl (C=O) groups is 1. The van der Waals surface area contributed by atoms with Crippen molar-refractivity contribution >= 4 is 39.9 Å². The second kappa shape index (κ2) is 14.5. The van der Waals surface area contributed by atoms with E-state index in [1.54, 1.807) is 20.1 Å². The van der Waals surface area contributed by atoms with Gasteiger partial charge in [0.05, 0.1) is 24.0 Å². The fourth-order valence-electron chi connectivity index (χ4n) is 6.02. The zero-order valence-corrected chi connectivity index (χ0v) is 27.3. The number of benzene rings is 4. The van der Waals surface area contributed by atoms with Crippen molar-refractivity contribution < 1.29 is 32.2 Å². The van der Waals surface area contributed by atoms with Crippen LogP contribution in [0.5, 0.6) is 11.5 Å². The topological polar surface area (TPSA) is 54.5 Å². The summed E-state index contributed by atoms with van der Waals surface area (Å²) in [5.74, 6) is 0.618. The molecule has 0 spiro atoms. The third kappa shape index (κ3) is 7.80. The summed E-state index contributed by atoms with van der Waals surface area (Å²) in [7, 11) is 1.57. The number of fused-ring (bicyclic) bond motifs is 3. The summed E-state index contributed by atoms with van der Waals surface area (Å²) in [6, 6.07) is 23.5. The van der Waals surface area contributed by atoms with Gasteiger partial charge >= 0.3 is 12.1 Å². The van der Waals surface area contributed by atoms with Crippen LogP contribution in [0.15, 0.2) is 88.7 Å². The molecule has 11 heteroatoms. The Bertz CT molecular complexity index is 1710. The highest BCUT2D eigenvalue weighted by molar-refractivity contribution is 7.99. The van der Waals surface area contributed by atoms with Crippen LogP contribution >= 0.6 is 11.8 Å². The number of para-hydroxylation sites is 1. The van der Waals surface area contributed by atoms with Crippen LogP contribution in [0.25, 0.3) is 10.8 Å². The number of nitrogens with zero attached hydrogens (tertiary/aromatic N) is 3. The molecule has 0 amide bonds. The summed E-state index contributed by atoms with van der Waals surface area (Å²) >= 11 is 1.51.